The van der Waals surface area contributed by atoms with Crippen molar-refractivity contribution in [2.24, 2.45) is 0 Å². The van der Waals surface area contributed by atoms with E-state index in [1.54, 1.807) is 30.3 Å². The lowest BCUT2D eigenvalue weighted by atomic mass is 9.99. The maximum Gasteiger partial charge on any atom is 0.203 e. The molecule has 1 aliphatic heterocycles. The van der Waals surface area contributed by atoms with Gasteiger partial charge in [-0.3, -0.25) is 4.79 Å². The summed E-state index contributed by atoms with van der Waals surface area (Å²) in [6.45, 7) is 3.13. The van der Waals surface area contributed by atoms with Crippen LogP contribution in [0.4, 0.5) is 0 Å². The summed E-state index contributed by atoms with van der Waals surface area (Å²) in [4.78, 5) is 12.6. The van der Waals surface area contributed by atoms with Crippen LogP contribution in [0.25, 0.3) is 6.08 Å². The van der Waals surface area contributed by atoms with Crippen LogP contribution < -0.4 is 9.47 Å². The van der Waals surface area contributed by atoms with E-state index in [1.807, 2.05) is 24.3 Å². The fourth-order valence-electron chi connectivity index (χ4n) is 2.73. The zero-order valence-electron chi connectivity index (χ0n) is 14.1. The van der Waals surface area contributed by atoms with Gasteiger partial charge >= 0.3 is 0 Å². The Morgan fingerprint density at radius 1 is 1.12 bits per heavy atom. The smallest absolute Gasteiger partial charge is 0.203 e. The first-order valence-corrected chi connectivity index (χ1v) is 8.36. The Morgan fingerprint density at radius 3 is 2.52 bits per heavy atom. The molecule has 0 spiro atoms. The molecule has 0 amide bonds. The number of carbonyl (C=O) groups excluding carboxylic acids is 1. The molecule has 0 N–H and O–H groups in total. The minimum atomic E-state index is -0.277. The molecule has 1 aliphatic rings. The number of ether oxygens (including phenoxy) is 2. The number of Topliss-reactive ketones (excluding diaryl/α,β-unsaturated/α-hetero) is 1. The van der Waals surface area contributed by atoms with Crippen molar-refractivity contribution in [1.29, 1.82) is 5.26 Å². The van der Waals surface area contributed by atoms with Crippen molar-refractivity contribution in [3.63, 3.8) is 0 Å². The van der Waals surface area contributed by atoms with Crippen LogP contribution in [0.3, 0.4) is 0 Å². The third-order valence-electron chi connectivity index (χ3n) is 4.00. The molecule has 126 valence electrons. The second kappa shape index (κ2) is 7.67. The Morgan fingerprint density at radius 2 is 1.84 bits per heavy atom. The Balaban J connectivity index is 1.84. The number of hydrogen-bond acceptors (Lipinski definition) is 4. The van der Waals surface area contributed by atoms with E-state index in [1.165, 1.54) is 5.56 Å². The number of rotatable bonds is 5. The third kappa shape index (κ3) is 3.89. The van der Waals surface area contributed by atoms with Gasteiger partial charge in [-0.25, -0.2) is 0 Å². The van der Waals surface area contributed by atoms with Gasteiger partial charge in [0.05, 0.1) is 0 Å². The first-order valence-electron chi connectivity index (χ1n) is 8.36. The van der Waals surface area contributed by atoms with E-state index >= 15 is 0 Å². The molecule has 0 atom stereocenters. The van der Waals surface area contributed by atoms with E-state index in [4.69, 9.17) is 9.47 Å². The molecule has 3 rings (SSSR count). The predicted octanol–water partition coefficient (Wildman–Crippen LogP) is 4.20. The van der Waals surface area contributed by atoms with Gasteiger partial charge in [-0.1, -0.05) is 43.7 Å². The van der Waals surface area contributed by atoms with E-state index in [-0.39, 0.29) is 11.4 Å². The van der Waals surface area contributed by atoms with Gasteiger partial charge in [0, 0.05) is 5.56 Å². The lowest BCUT2D eigenvalue weighted by Crippen LogP contribution is -2.15. The minimum absolute atomic E-state index is 0.0971. The lowest BCUT2D eigenvalue weighted by molar-refractivity contribution is 0.104. The number of allylic oxidation sites excluding steroid dienone is 1. The van der Waals surface area contributed by atoms with Gasteiger partial charge in [-0.05, 0) is 35.8 Å². The lowest BCUT2D eigenvalue weighted by Gasteiger charge is -2.18. The molecule has 0 saturated carbocycles. The van der Waals surface area contributed by atoms with Crippen molar-refractivity contribution >= 4 is 11.9 Å². The maximum absolute atomic E-state index is 12.6. The highest BCUT2D eigenvalue weighted by Gasteiger charge is 2.14. The number of ketones is 1. The zero-order chi connectivity index (χ0) is 17.6. The number of nitriles is 1. The summed E-state index contributed by atoms with van der Waals surface area (Å²) in [7, 11) is 0. The largest absolute Gasteiger partial charge is 0.486 e. The average molecular weight is 333 g/mol. The third-order valence-corrected chi connectivity index (χ3v) is 4.00. The molecule has 0 fully saturated rings. The Labute approximate surface area is 147 Å². The Hall–Kier alpha value is -3.06. The molecule has 2 aromatic rings. The zero-order valence-corrected chi connectivity index (χ0v) is 14.1. The maximum atomic E-state index is 12.6. The van der Waals surface area contributed by atoms with Gasteiger partial charge in [0.2, 0.25) is 5.78 Å². The topological polar surface area (TPSA) is 59.3 Å². The second-order valence-corrected chi connectivity index (χ2v) is 5.85. The average Bonchev–Trinajstić information content (AvgIpc) is 2.66. The van der Waals surface area contributed by atoms with E-state index in [9.17, 15) is 10.1 Å². The fourth-order valence-corrected chi connectivity index (χ4v) is 2.73. The second-order valence-electron chi connectivity index (χ2n) is 5.85. The number of hydrogen-bond donors (Lipinski definition) is 0. The molecule has 4 nitrogen and oxygen atoms in total. The van der Waals surface area contributed by atoms with Gasteiger partial charge in [-0.2, -0.15) is 5.26 Å². The first kappa shape index (κ1) is 16.8. The summed E-state index contributed by atoms with van der Waals surface area (Å²) >= 11 is 0. The molecule has 4 heteroatoms. The van der Waals surface area contributed by atoms with Crippen LogP contribution in [0.1, 0.15) is 34.8 Å². The Bertz CT molecular complexity index is 844. The monoisotopic (exact) mass is 333 g/mol. The summed E-state index contributed by atoms with van der Waals surface area (Å²) in [5.74, 6) is 1.04. The summed E-state index contributed by atoms with van der Waals surface area (Å²) < 4.78 is 11.0. The van der Waals surface area contributed by atoms with Crippen LogP contribution in [-0.4, -0.2) is 19.0 Å². The van der Waals surface area contributed by atoms with Crippen LogP contribution >= 0.6 is 0 Å². The van der Waals surface area contributed by atoms with Crippen LogP contribution in [0, 0.1) is 11.3 Å². The van der Waals surface area contributed by atoms with Crippen LogP contribution in [0.15, 0.2) is 48.0 Å². The summed E-state index contributed by atoms with van der Waals surface area (Å²) in [6, 6.07) is 14.8. The van der Waals surface area contributed by atoms with Crippen molar-refractivity contribution in [2.75, 3.05) is 13.2 Å². The van der Waals surface area contributed by atoms with Gasteiger partial charge in [0.25, 0.3) is 0 Å². The number of fused-ring (bicyclic) bond motifs is 1. The minimum Gasteiger partial charge on any atom is -0.486 e. The highest BCUT2D eigenvalue weighted by Crippen LogP contribution is 2.31. The van der Waals surface area contributed by atoms with Gasteiger partial charge in [0.15, 0.2) is 11.5 Å². The fraction of sp³-hybridized carbons (Fsp3) is 0.238. The van der Waals surface area contributed by atoms with Crippen LogP contribution in [-0.2, 0) is 6.42 Å². The number of aryl methyl sites for hydroxylation is 1. The molecule has 0 aliphatic carbocycles. The van der Waals surface area contributed by atoms with E-state index in [0.717, 1.165) is 18.4 Å². The molecule has 0 saturated heterocycles. The SMILES string of the molecule is CCCc1ccc(C(=O)/C(C#N)=C/c2ccc3c(c2)OCCO3)cc1. The van der Waals surface area contributed by atoms with Crippen LogP contribution in [0.5, 0.6) is 11.5 Å². The van der Waals surface area contributed by atoms with Crippen molar-refractivity contribution in [3.05, 3.63) is 64.7 Å². The molecule has 0 aromatic heterocycles. The molecule has 0 radical (unpaired) electrons. The first-order chi connectivity index (χ1) is 12.2. The van der Waals surface area contributed by atoms with Gasteiger partial charge < -0.3 is 9.47 Å². The summed E-state index contributed by atoms with van der Waals surface area (Å²) in [6.07, 6.45) is 3.62. The summed E-state index contributed by atoms with van der Waals surface area (Å²) in [5.41, 5.74) is 2.54. The summed E-state index contributed by atoms with van der Waals surface area (Å²) in [5, 5.41) is 9.40. The molecular weight excluding hydrogens is 314 g/mol. The highest BCUT2D eigenvalue weighted by molar-refractivity contribution is 6.14. The van der Waals surface area contributed by atoms with Crippen molar-refractivity contribution in [1.82, 2.24) is 0 Å². The van der Waals surface area contributed by atoms with Gasteiger partial charge in [-0.15, -0.1) is 0 Å². The van der Waals surface area contributed by atoms with Crippen molar-refractivity contribution in [2.45, 2.75) is 19.8 Å². The standard InChI is InChI=1S/C21H19NO3/c1-2-3-15-4-7-17(8-5-15)21(23)18(14-22)12-16-6-9-19-20(13-16)25-11-10-24-19/h4-9,12-13H,2-3,10-11H2,1H3/b18-12+. The van der Waals surface area contributed by atoms with Crippen molar-refractivity contribution in [3.8, 4) is 17.6 Å². The Kier molecular flexibility index (Phi) is 5.15. The van der Waals surface area contributed by atoms with Gasteiger partial charge in [0.1, 0.15) is 24.9 Å². The van der Waals surface area contributed by atoms with Crippen molar-refractivity contribution < 1.29 is 14.3 Å². The molecule has 25 heavy (non-hydrogen) atoms. The van der Waals surface area contributed by atoms with E-state index in [0.29, 0.717) is 30.3 Å². The molecular formula is C21H19NO3. The van der Waals surface area contributed by atoms with E-state index < -0.39 is 0 Å². The number of nitrogens with zero attached hydrogens (tertiary/aromatic N) is 1. The van der Waals surface area contributed by atoms with Crippen LogP contribution in [0.2, 0.25) is 0 Å². The quantitative estimate of drug-likeness (QED) is 0.467. The molecule has 0 bridgehead atoms. The number of carbonyl (C=O) groups is 1. The molecule has 2 aromatic carbocycles. The number of benzene rings is 2. The molecule has 0 unspecified atom stereocenters. The normalized spacial score (nSPS) is 13.2. The highest BCUT2D eigenvalue weighted by atomic mass is 16.6. The molecule has 1 heterocycles. The predicted molar refractivity (Wildman–Crippen MR) is 95.8 cm³/mol. The van der Waals surface area contributed by atoms with E-state index in [2.05, 4.69) is 6.92 Å².